The van der Waals surface area contributed by atoms with Crippen molar-refractivity contribution in [2.45, 2.75) is 33.7 Å². The number of carbonyl (C=O) groups is 2. The fourth-order valence-corrected chi connectivity index (χ4v) is 2.30. The molecule has 6 nitrogen and oxygen atoms in total. The monoisotopic (exact) mass is 336 g/mol. The van der Waals surface area contributed by atoms with Gasteiger partial charge in [-0.05, 0) is 23.1 Å². The quantitative estimate of drug-likeness (QED) is 0.665. The van der Waals surface area contributed by atoms with Crippen molar-refractivity contribution in [2.24, 2.45) is 5.41 Å². The number of benzene rings is 1. The molecule has 0 aliphatic carbocycles. The molecule has 0 bridgehead atoms. The van der Waals surface area contributed by atoms with Gasteiger partial charge in [-0.1, -0.05) is 32.9 Å². The summed E-state index contributed by atoms with van der Waals surface area (Å²) in [6.45, 7) is 6.39. The fourth-order valence-electron chi connectivity index (χ4n) is 2.30. The lowest BCUT2D eigenvalue weighted by atomic mass is 9.92. The number of amides is 2. The molecular weight excluding hydrogens is 308 g/mol. The molecule has 0 saturated heterocycles. The third kappa shape index (κ3) is 7.10. The molecule has 1 aromatic rings. The normalized spacial score (nSPS) is 11.2. The first-order valence-corrected chi connectivity index (χ1v) is 8.13. The minimum atomic E-state index is -0.249. The number of rotatable bonds is 8. The first-order chi connectivity index (χ1) is 11.3. The second kappa shape index (κ2) is 9.39. The molecule has 0 aromatic heterocycles. The molecule has 2 amide bonds. The van der Waals surface area contributed by atoms with E-state index in [9.17, 15) is 9.59 Å². The summed E-state index contributed by atoms with van der Waals surface area (Å²) in [7, 11) is 0. The molecule has 0 saturated carbocycles. The summed E-state index contributed by atoms with van der Waals surface area (Å²) in [5.74, 6) is -0.276. The highest BCUT2D eigenvalue weighted by atomic mass is 16.3. The Kier molecular flexibility index (Phi) is 7.88. The SMILES string of the molecule is CC(C)(C)CC(=O)NCc1cccc(C(=O)N(CCO)CCO)c1. The van der Waals surface area contributed by atoms with Crippen molar-refractivity contribution in [1.29, 1.82) is 0 Å². The number of aliphatic hydroxyl groups is 2. The van der Waals surface area contributed by atoms with Crippen LogP contribution < -0.4 is 5.32 Å². The molecule has 3 N–H and O–H groups in total. The molecule has 0 heterocycles. The zero-order valence-corrected chi connectivity index (χ0v) is 14.7. The molecule has 0 radical (unpaired) electrons. The summed E-state index contributed by atoms with van der Waals surface area (Å²) in [6.07, 6.45) is 0.437. The van der Waals surface area contributed by atoms with E-state index in [4.69, 9.17) is 10.2 Å². The van der Waals surface area contributed by atoms with Gasteiger partial charge in [-0.15, -0.1) is 0 Å². The number of aliphatic hydroxyl groups excluding tert-OH is 2. The highest BCUT2D eigenvalue weighted by Gasteiger charge is 2.17. The zero-order chi connectivity index (χ0) is 18.2. The van der Waals surface area contributed by atoms with Crippen LogP contribution in [0, 0.1) is 5.41 Å². The van der Waals surface area contributed by atoms with Crippen LogP contribution in [0.25, 0.3) is 0 Å². The summed E-state index contributed by atoms with van der Waals surface area (Å²) in [6, 6.07) is 7.01. The Morgan fingerprint density at radius 1 is 1.12 bits per heavy atom. The molecule has 0 aliphatic heterocycles. The lowest BCUT2D eigenvalue weighted by Gasteiger charge is -2.21. The van der Waals surface area contributed by atoms with Crippen molar-refractivity contribution >= 4 is 11.8 Å². The standard InChI is InChI=1S/C18H28N2O4/c1-18(2,3)12-16(23)19-13-14-5-4-6-15(11-14)17(24)20(7-9-21)8-10-22/h4-6,11,21-22H,7-10,12-13H2,1-3H3,(H,19,23). The average molecular weight is 336 g/mol. The lowest BCUT2D eigenvalue weighted by molar-refractivity contribution is -0.122. The van der Waals surface area contributed by atoms with Crippen molar-refractivity contribution in [3.8, 4) is 0 Å². The van der Waals surface area contributed by atoms with E-state index in [2.05, 4.69) is 5.32 Å². The number of nitrogens with one attached hydrogen (secondary N) is 1. The maximum absolute atomic E-state index is 12.4. The topological polar surface area (TPSA) is 89.9 Å². The van der Waals surface area contributed by atoms with E-state index in [0.29, 0.717) is 18.5 Å². The third-order valence-corrected chi connectivity index (χ3v) is 3.38. The molecule has 1 rings (SSSR count). The molecule has 0 unspecified atom stereocenters. The van der Waals surface area contributed by atoms with Crippen LogP contribution in [-0.2, 0) is 11.3 Å². The fraction of sp³-hybridized carbons (Fsp3) is 0.556. The highest BCUT2D eigenvalue weighted by Crippen LogP contribution is 2.18. The summed E-state index contributed by atoms with van der Waals surface area (Å²) in [5, 5.41) is 20.9. The van der Waals surface area contributed by atoms with Crippen LogP contribution in [0.5, 0.6) is 0 Å². The van der Waals surface area contributed by atoms with E-state index in [0.717, 1.165) is 5.56 Å². The van der Waals surface area contributed by atoms with Gasteiger partial charge in [0.2, 0.25) is 5.91 Å². The summed E-state index contributed by atoms with van der Waals surface area (Å²) in [4.78, 5) is 25.7. The van der Waals surface area contributed by atoms with Crippen LogP contribution in [0.4, 0.5) is 0 Å². The van der Waals surface area contributed by atoms with E-state index >= 15 is 0 Å². The Balaban J connectivity index is 2.72. The third-order valence-electron chi connectivity index (χ3n) is 3.38. The van der Waals surface area contributed by atoms with Crippen molar-refractivity contribution in [1.82, 2.24) is 10.2 Å². The van der Waals surface area contributed by atoms with Crippen LogP contribution in [0.15, 0.2) is 24.3 Å². The maximum atomic E-state index is 12.4. The number of nitrogens with zero attached hydrogens (tertiary/aromatic N) is 1. The minimum Gasteiger partial charge on any atom is -0.395 e. The maximum Gasteiger partial charge on any atom is 0.254 e. The van der Waals surface area contributed by atoms with E-state index in [-0.39, 0.29) is 43.5 Å². The van der Waals surface area contributed by atoms with Crippen molar-refractivity contribution in [2.75, 3.05) is 26.3 Å². The van der Waals surface area contributed by atoms with Gasteiger partial charge < -0.3 is 20.4 Å². The molecule has 0 atom stereocenters. The van der Waals surface area contributed by atoms with Gasteiger partial charge in [0.05, 0.1) is 13.2 Å². The van der Waals surface area contributed by atoms with Crippen molar-refractivity contribution in [3.05, 3.63) is 35.4 Å². The van der Waals surface area contributed by atoms with Crippen LogP contribution in [0.3, 0.4) is 0 Å². The first kappa shape index (κ1) is 20.1. The second-order valence-electron chi connectivity index (χ2n) is 6.95. The highest BCUT2D eigenvalue weighted by molar-refractivity contribution is 5.94. The Labute approximate surface area is 143 Å². The van der Waals surface area contributed by atoms with Gasteiger partial charge in [0, 0.05) is 31.6 Å². The minimum absolute atomic E-state index is 0.0265. The van der Waals surface area contributed by atoms with Gasteiger partial charge in [0.15, 0.2) is 0 Å². The number of hydrogen-bond donors (Lipinski definition) is 3. The Morgan fingerprint density at radius 3 is 2.29 bits per heavy atom. The van der Waals surface area contributed by atoms with Gasteiger partial charge in [-0.2, -0.15) is 0 Å². The molecule has 1 aromatic carbocycles. The molecule has 24 heavy (non-hydrogen) atoms. The predicted molar refractivity (Wildman–Crippen MR) is 92.4 cm³/mol. The smallest absolute Gasteiger partial charge is 0.254 e. The first-order valence-electron chi connectivity index (χ1n) is 8.13. The number of carbonyl (C=O) groups excluding carboxylic acids is 2. The predicted octanol–water partition coefficient (Wildman–Crippen LogP) is 1.17. The van der Waals surface area contributed by atoms with Crippen LogP contribution in [0.1, 0.15) is 43.1 Å². The molecule has 134 valence electrons. The van der Waals surface area contributed by atoms with Crippen LogP contribution in [-0.4, -0.2) is 53.2 Å². The summed E-state index contributed by atoms with van der Waals surface area (Å²) >= 11 is 0. The van der Waals surface area contributed by atoms with Crippen molar-refractivity contribution < 1.29 is 19.8 Å². The molecule has 0 fully saturated rings. The molecule has 0 spiro atoms. The van der Waals surface area contributed by atoms with Gasteiger partial charge in [-0.25, -0.2) is 0 Å². The molecule has 0 aliphatic rings. The second-order valence-corrected chi connectivity index (χ2v) is 6.95. The van der Waals surface area contributed by atoms with Gasteiger partial charge >= 0.3 is 0 Å². The Hall–Kier alpha value is -1.92. The number of hydrogen-bond acceptors (Lipinski definition) is 4. The summed E-state index contributed by atoms with van der Waals surface area (Å²) < 4.78 is 0. The molecule has 6 heteroatoms. The van der Waals surface area contributed by atoms with E-state index in [1.54, 1.807) is 18.2 Å². The van der Waals surface area contributed by atoms with E-state index in [1.807, 2.05) is 26.8 Å². The Morgan fingerprint density at radius 2 is 1.75 bits per heavy atom. The van der Waals surface area contributed by atoms with E-state index in [1.165, 1.54) is 4.90 Å². The Bertz CT molecular complexity index is 546. The van der Waals surface area contributed by atoms with Gasteiger partial charge in [0.25, 0.3) is 5.91 Å². The zero-order valence-electron chi connectivity index (χ0n) is 14.7. The van der Waals surface area contributed by atoms with Crippen LogP contribution in [0.2, 0.25) is 0 Å². The van der Waals surface area contributed by atoms with Gasteiger partial charge in [0.1, 0.15) is 0 Å². The largest absolute Gasteiger partial charge is 0.395 e. The van der Waals surface area contributed by atoms with Crippen molar-refractivity contribution in [3.63, 3.8) is 0 Å². The lowest BCUT2D eigenvalue weighted by Crippen LogP contribution is -2.36. The average Bonchev–Trinajstić information content (AvgIpc) is 2.51. The van der Waals surface area contributed by atoms with E-state index < -0.39 is 0 Å². The molecular formula is C18H28N2O4. The summed E-state index contributed by atoms with van der Waals surface area (Å²) in [5.41, 5.74) is 1.23. The van der Waals surface area contributed by atoms with Gasteiger partial charge in [-0.3, -0.25) is 9.59 Å². The van der Waals surface area contributed by atoms with Crippen LogP contribution >= 0.6 is 0 Å².